The summed E-state index contributed by atoms with van der Waals surface area (Å²) in [5.41, 5.74) is 0.339. The van der Waals surface area contributed by atoms with Gasteiger partial charge >= 0.3 is 6.03 Å². The molecule has 1 fully saturated rings. The number of aliphatic hydroxyl groups excluding tert-OH is 1. The van der Waals surface area contributed by atoms with E-state index in [0.717, 1.165) is 25.8 Å². The number of carbonyl (C=O) groups is 1. The van der Waals surface area contributed by atoms with Crippen molar-refractivity contribution in [2.45, 2.75) is 30.6 Å². The summed E-state index contributed by atoms with van der Waals surface area (Å²) in [5, 5.41) is 13.6. The van der Waals surface area contributed by atoms with Crippen LogP contribution in [0.25, 0.3) is 0 Å². The Hall–Kier alpha value is -2.13. The van der Waals surface area contributed by atoms with Crippen LogP contribution < -0.4 is 10.6 Å². The van der Waals surface area contributed by atoms with Crippen molar-refractivity contribution in [3.05, 3.63) is 24.3 Å². The van der Waals surface area contributed by atoms with Gasteiger partial charge in [-0.05, 0) is 31.0 Å². The molecule has 2 rings (SSSR count). The Morgan fingerprint density at radius 2 is 2.12 bits per heavy atom. The molecule has 1 aliphatic rings. The molecule has 3 N–H and O–H groups in total. The summed E-state index contributed by atoms with van der Waals surface area (Å²) in [6.45, 7) is 0.734. The predicted molar refractivity (Wildman–Crippen MR) is 96.3 cm³/mol. The first kappa shape index (κ1) is 19.2. The first-order valence-electron chi connectivity index (χ1n) is 8.23. The molecule has 25 heavy (non-hydrogen) atoms. The zero-order valence-electron chi connectivity index (χ0n) is 14.2. The molecular weight excluding hydrogens is 344 g/mol. The summed E-state index contributed by atoms with van der Waals surface area (Å²) in [4.78, 5) is 13.5. The minimum absolute atomic E-state index is 0.0256. The largest absolute Gasteiger partial charge is 0.395 e. The smallest absolute Gasteiger partial charge is 0.319 e. The highest BCUT2D eigenvalue weighted by molar-refractivity contribution is 7.90. The van der Waals surface area contributed by atoms with Crippen molar-refractivity contribution >= 4 is 27.6 Å². The van der Waals surface area contributed by atoms with E-state index in [1.165, 1.54) is 12.1 Å². The first-order valence-corrected chi connectivity index (χ1v) is 9.67. The zero-order chi connectivity index (χ0) is 18.3. The number of aliphatic hydroxyl groups is 1. The average Bonchev–Trinajstić information content (AvgIpc) is 2.77. The van der Waals surface area contributed by atoms with Crippen LogP contribution in [0.15, 0.2) is 33.6 Å². The van der Waals surface area contributed by atoms with E-state index in [-0.39, 0.29) is 18.0 Å². The summed E-state index contributed by atoms with van der Waals surface area (Å²) in [6, 6.07) is 5.44. The van der Waals surface area contributed by atoms with Gasteiger partial charge in [-0.1, -0.05) is 12.5 Å². The van der Waals surface area contributed by atoms with Crippen LogP contribution in [-0.4, -0.2) is 57.0 Å². The van der Waals surface area contributed by atoms with E-state index >= 15 is 0 Å². The molecule has 9 heteroatoms. The van der Waals surface area contributed by atoms with Crippen LogP contribution in [0.5, 0.6) is 0 Å². The van der Waals surface area contributed by atoms with E-state index in [2.05, 4.69) is 15.0 Å². The average molecular weight is 368 g/mol. The van der Waals surface area contributed by atoms with Gasteiger partial charge in [0.1, 0.15) is 5.84 Å². The van der Waals surface area contributed by atoms with Crippen molar-refractivity contribution in [2.75, 3.05) is 32.1 Å². The van der Waals surface area contributed by atoms with Crippen molar-refractivity contribution in [3.8, 4) is 0 Å². The zero-order valence-corrected chi connectivity index (χ0v) is 15.1. The first-order chi connectivity index (χ1) is 11.9. The molecule has 1 saturated heterocycles. The molecule has 1 aromatic rings. The molecule has 0 atom stereocenters. The number of urea groups is 1. The summed E-state index contributed by atoms with van der Waals surface area (Å²) in [5.74, 6) is 0.566. The number of hydrogen-bond acceptors (Lipinski definition) is 4. The van der Waals surface area contributed by atoms with Crippen LogP contribution >= 0.6 is 0 Å². The molecule has 0 saturated carbocycles. The van der Waals surface area contributed by atoms with Crippen molar-refractivity contribution in [3.63, 3.8) is 0 Å². The molecule has 0 aromatic heterocycles. The third-order valence-corrected chi connectivity index (χ3v) is 5.15. The Balaban J connectivity index is 2.19. The van der Waals surface area contributed by atoms with Crippen LogP contribution in [0.4, 0.5) is 10.5 Å². The Bertz CT molecular complexity index is 733. The summed E-state index contributed by atoms with van der Waals surface area (Å²) >= 11 is 0. The molecule has 1 aliphatic heterocycles. The van der Waals surface area contributed by atoms with E-state index in [1.54, 1.807) is 12.1 Å². The van der Waals surface area contributed by atoms with Gasteiger partial charge < -0.3 is 20.6 Å². The van der Waals surface area contributed by atoms with Gasteiger partial charge in [-0.25, -0.2) is 4.79 Å². The molecule has 138 valence electrons. The number of amidine groups is 1. The molecule has 2 amide bonds. The van der Waals surface area contributed by atoms with E-state index in [0.29, 0.717) is 17.9 Å². The molecule has 8 nitrogen and oxygen atoms in total. The molecule has 1 heterocycles. The van der Waals surface area contributed by atoms with Gasteiger partial charge in [0.25, 0.3) is 10.0 Å². The minimum Gasteiger partial charge on any atom is -0.395 e. The highest BCUT2D eigenvalue weighted by Gasteiger charge is 2.18. The monoisotopic (exact) mass is 368 g/mol. The lowest BCUT2D eigenvalue weighted by atomic mass is 10.2. The van der Waals surface area contributed by atoms with Gasteiger partial charge in [-0.15, -0.1) is 4.40 Å². The van der Waals surface area contributed by atoms with E-state index in [4.69, 9.17) is 5.11 Å². The third kappa shape index (κ3) is 5.71. The quantitative estimate of drug-likeness (QED) is 0.727. The number of likely N-dealkylation sites (tertiary alicyclic amines) is 1. The van der Waals surface area contributed by atoms with Crippen LogP contribution in [-0.2, 0) is 10.0 Å². The molecular formula is C16H24N4O4S. The number of sulfonamides is 1. The predicted octanol–water partition coefficient (Wildman–Crippen LogP) is 1.39. The van der Waals surface area contributed by atoms with Crippen LogP contribution in [0.1, 0.15) is 25.7 Å². The summed E-state index contributed by atoms with van der Waals surface area (Å²) in [7, 11) is -2.00. The Kier molecular flexibility index (Phi) is 6.77. The number of rotatable bonds is 5. The molecule has 0 radical (unpaired) electrons. The van der Waals surface area contributed by atoms with Crippen molar-refractivity contribution in [2.24, 2.45) is 4.40 Å². The maximum absolute atomic E-state index is 12.6. The van der Waals surface area contributed by atoms with Gasteiger partial charge in [0.2, 0.25) is 0 Å². The number of hydrogen-bond donors (Lipinski definition) is 3. The SMILES string of the molecule is CN1CCCCC/C1=N\S(=O)(=O)c1cccc(NC(=O)NCCO)c1. The van der Waals surface area contributed by atoms with Crippen LogP contribution in [0, 0.1) is 0 Å². The second-order valence-electron chi connectivity index (χ2n) is 5.85. The van der Waals surface area contributed by atoms with Gasteiger partial charge in [-0.3, -0.25) is 0 Å². The normalized spacial score (nSPS) is 17.2. The van der Waals surface area contributed by atoms with E-state index in [1.807, 2.05) is 11.9 Å². The highest BCUT2D eigenvalue weighted by Crippen LogP contribution is 2.20. The topological polar surface area (TPSA) is 111 Å². The van der Waals surface area contributed by atoms with E-state index < -0.39 is 16.1 Å². The second-order valence-corrected chi connectivity index (χ2v) is 7.45. The molecule has 0 bridgehead atoms. The fourth-order valence-corrected chi connectivity index (χ4v) is 3.65. The number of benzene rings is 1. The molecule has 0 spiro atoms. The summed E-state index contributed by atoms with van der Waals surface area (Å²) < 4.78 is 29.2. The van der Waals surface area contributed by atoms with Gasteiger partial charge in [0.05, 0.1) is 11.5 Å². The Morgan fingerprint density at radius 1 is 1.32 bits per heavy atom. The molecule has 1 aromatic carbocycles. The lowest BCUT2D eigenvalue weighted by molar-refractivity contribution is 0.245. The van der Waals surface area contributed by atoms with Crippen molar-refractivity contribution in [1.29, 1.82) is 0 Å². The molecule has 0 aliphatic carbocycles. The van der Waals surface area contributed by atoms with Gasteiger partial charge in [0, 0.05) is 32.2 Å². The second kappa shape index (κ2) is 8.82. The van der Waals surface area contributed by atoms with Crippen molar-refractivity contribution < 1.29 is 18.3 Å². The van der Waals surface area contributed by atoms with Crippen molar-refractivity contribution in [1.82, 2.24) is 10.2 Å². The Labute approximate surface area is 148 Å². The van der Waals surface area contributed by atoms with Gasteiger partial charge in [-0.2, -0.15) is 8.42 Å². The van der Waals surface area contributed by atoms with Crippen LogP contribution in [0.2, 0.25) is 0 Å². The number of nitrogens with one attached hydrogen (secondary N) is 2. The molecule has 0 unspecified atom stereocenters. The number of amides is 2. The maximum atomic E-state index is 12.6. The fourth-order valence-electron chi connectivity index (χ4n) is 2.51. The standard InChI is InChI=1S/C16H24N4O4S/c1-20-10-4-2-3-8-15(20)19-25(23,24)14-7-5-6-13(12-14)18-16(22)17-9-11-21/h5-7,12,21H,2-4,8-11H2,1H3,(H2,17,18,22)/b19-15+. The maximum Gasteiger partial charge on any atom is 0.319 e. The van der Waals surface area contributed by atoms with Crippen LogP contribution in [0.3, 0.4) is 0 Å². The highest BCUT2D eigenvalue weighted by atomic mass is 32.2. The number of carbonyl (C=O) groups excluding carboxylic acids is 1. The fraction of sp³-hybridized carbons (Fsp3) is 0.500. The third-order valence-electron chi connectivity index (χ3n) is 3.85. The lowest BCUT2D eigenvalue weighted by Gasteiger charge is -2.17. The Morgan fingerprint density at radius 3 is 2.88 bits per heavy atom. The number of nitrogens with zero attached hydrogens (tertiary/aromatic N) is 2. The number of anilines is 1. The van der Waals surface area contributed by atoms with E-state index in [9.17, 15) is 13.2 Å². The van der Waals surface area contributed by atoms with Gasteiger partial charge in [0.15, 0.2) is 0 Å². The minimum atomic E-state index is -3.85. The summed E-state index contributed by atoms with van der Waals surface area (Å²) in [6.07, 6.45) is 3.65. The lowest BCUT2D eigenvalue weighted by Crippen LogP contribution is -2.31.